The highest BCUT2D eigenvalue weighted by Gasteiger charge is 2.31. The number of para-hydroxylation sites is 2. The molecule has 5 aromatic rings. The van der Waals surface area contributed by atoms with Crippen molar-refractivity contribution in [3.8, 4) is 5.00 Å². The number of nitrogens with one attached hydrogen (secondary N) is 1. The van der Waals surface area contributed by atoms with E-state index in [0.717, 1.165) is 63.3 Å². The number of carbonyl (C=O) groups is 1. The fraction of sp³-hybridized carbons (Fsp3) is 0.214. The van der Waals surface area contributed by atoms with Crippen molar-refractivity contribution in [3.05, 3.63) is 83.5 Å². The van der Waals surface area contributed by atoms with E-state index in [1.165, 1.54) is 0 Å². The van der Waals surface area contributed by atoms with Crippen LogP contribution in [0.25, 0.3) is 38.0 Å². The Morgan fingerprint density at radius 2 is 1.83 bits per heavy atom. The monoisotopic (exact) mass is 481 g/mol. The van der Waals surface area contributed by atoms with Crippen molar-refractivity contribution in [1.82, 2.24) is 24.6 Å². The molecule has 3 aromatic heterocycles. The molecule has 1 aliphatic rings. The quantitative estimate of drug-likeness (QED) is 0.355. The lowest BCUT2D eigenvalue weighted by atomic mass is 10.0. The molecule has 0 spiro atoms. The Labute approximate surface area is 208 Å². The Morgan fingerprint density at radius 1 is 1.03 bits per heavy atom. The van der Waals surface area contributed by atoms with Crippen LogP contribution in [0.3, 0.4) is 0 Å². The lowest BCUT2D eigenvalue weighted by Crippen LogP contribution is -2.17. The van der Waals surface area contributed by atoms with Gasteiger partial charge < -0.3 is 14.8 Å². The van der Waals surface area contributed by atoms with E-state index in [9.17, 15) is 4.79 Å². The third-order valence-corrected chi connectivity index (χ3v) is 7.42. The van der Waals surface area contributed by atoms with Crippen LogP contribution in [-0.2, 0) is 11.3 Å². The first kappa shape index (κ1) is 21.8. The molecule has 0 saturated heterocycles. The summed E-state index contributed by atoms with van der Waals surface area (Å²) >= 11 is 1.70. The van der Waals surface area contributed by atoms with Crippen molar-refractivity contribution in [2.24, 2.45) is 0 Å². The molecular formula is C28H27N5OS. The van der Waals surface area contributed by atoms with Gasteiger partial charge in [-0.1, -0.05) is 36.4 Å². The number of hydrogen-bond acceptors (Lipinski definition) is 4. The minimum atomic E-state index is -0.0633. The van der Waals surface area contributed by atoms with Crippen LogP contribution < -0.4 is 5.32 Å². The van der Waals surface area contributed by atoms with Crippen molar-refractivity contribution in [3.63, 3.8) is 0 Å². The molecule has 0 radical (unpaired) electrons. The summed E-state index contributed by atoms with van der Waals surface area (Å²) in [7, 11) is 4.17. The van der Waals surface area contributed by atoms with Gasteiger partial charge in [0, 0.05) is 29.4 Å². The highest BCUT2D eigenvalue weighted by atomic mass is 32.1. The lowest BCUT2D eigenvalue weighted by molar-refractivity contribution is -0.114. The Kier molecular flexibility index (Phi) is 5.51. The number of aryl methyl sites for hydroxylation is 1. The fourth-order valence-electron chi connectivity index (χ4n) is 4.98. The van der Waals surface area contributed by atoms with Gasteiger partial charge in [-0.3, -0.25) is 9.48 Å². The second-order valence-electron chi connectivity index (χ2n) is 9.16. The molecule has 7 heteroatoms. The molecule has 2 aromatic carbocycles. The second-order valence-corrected chi connectivity index (χ2v) is 10.1. The van der Waals surface area contributed by atoms with Crippen molar-refractivity contribution in [2.75, 3.05) is 27.2 Å². The number of amides is 1. The average molecular weight is 482 g/mol. The van der Waals surface area contributed by atoms with Crippen LogP contribution in [0.1, 0.15) is 17.8 Å². The molecule has 1 amide bonds. The third-order valence-electron chi connectivity index (χ3n) is 6.57. The number of thiophene rings is 1. The smallest absolute Gasteiger partial charge is 0.254 e. The van der Waals surface area contributed by atoms with E-state index < -0.39 is 0 Å². The number of hydrogen-bond donors (Lipinski definition) is 1. The molecule has 6 nitrogen and oxygen atoms in total. The SMILES string of the molecule is CN(C)CCCn1nc(C2=C(c3cc4ccccc4n3-c3cccs3)CNC2=O)c2ccccc21. The summed E-state index contributed by atoms with van der Waals surface area (Å²) in [5, 5.41) is 13.5. The van der Waals surface area contributed by atoms with Crippen LogP contribution in [0.15, 0.2) is 72.1 Å². The van der Waals surface area contributed by atoms with Crippen molar-refractivity contribution < 1.29 is 4.79 Å². The topological polar surface area (TPSA) is 55.1 Å². The largest absolute Gasteiger partial charge is 0.348 e. The van der Waals surface area contributed by atoms with E-state index in [1.54, 1.807) is 11.3 Å². The van der Waals surface area contributed by atoms with Gasteiger partial charge in [-0.25, -0.2) is 0 Å². The molecular weight excluding hydrogens is 454 g/mol. The molecule has 0 saturated carbocycles. The van der Waals surface area contributed by atoms with Crippen LogP contribution in [-0.4, -0.2) is 52.3 Å². The maximum absolute atomic E-state index is 13.3. The molecule has 0 bridgehead atoms. The van der Waals surface area contributed by atoms with Crippen LogP contribution in [0, 0.1) is 0 Å². The average Bonchev–Trinajstić information content (AvgIpc) is 3.63. The van der Waals surface area contributed by atoms with E-state index in [2.05, 4.69) is 93.5 Å². The van der Waals surface area contributed by atoms with Crippen LogP contribution >= 0.6 is 11.3 Å². The summed E-state index contributed by atoms with van der Waals surface area (Å²) in [6.45, 7) is 2.27. The Balaban J connectivity index is 1.56. The summed E-state index contributed by atoms with van der Waals surface area (Å²) in [4.78, 5) is 15.5. The normalized spacial score (nSPS) is 14.1. The van der Waals surface area contributed by atoms with Crippen LogP contribution in [0.4, 0.5) is 0 Å². The van der Waals surface area contributed by atoms with Gasteiger partial charge in [0.2, 0.25) is 0 Å². The first-order valence-corrected chi connectivity index (χ1v) is 12.8. The summed E-state index contributed by atoms with van der Waals surface area (Å²) < 4.78 is 4.32. The molecule has 0 unspecified atom stereocenters. The summed E-state index contributed by atoms with van der Waals surface area (Å²) in [6.07, 6.45) is 0.989. The molecule has 0 atom stereocenters. The van der Waals surface area contributed by atoms with E-state index >= 15 is 0 Å². The third kappa shape index (κ3) is 3.77. The molecule has 1 aliphatic heterocycles. The van der Waals surface area contributed by atoms with Crippen molar-refractivity contribution >= 4 is 50.2 Å². The number of aromatic nitrogens is 3. The van der Waals surface area contributed by atoms with Crippen molar-refractivity contribution in [2.45, 2.75) is 13.0 Å². The first-order valence-electron chi connectivity index (χ1n) is 11.9. The fourth-order valence-corrected chi connectivity index (χ4v) is 5.74. The zero-order valence-electron chi connectivity index (χ0n) is 19.9. The number of rotatable bonds is 7. The zero-order chi connectivity index (χ0) is 23.9. The molecule has 6 rings (SSSR count). The van der Waals surface area contributed by atoms with Gasteiger partial charge in [0.1, 0.15) is 5.69 Å². The molecule has 4 heterocycles. The van der Waals surface area contributed by atoms with Gasteiger partial charge in [0.05, 0.1) is 27.3 Å². The van der Waals surface area contributed by atoms with Gasteiger partial charge in [-0.2, -0.15) is 5.10 Å². The molecule has 35 heavy (non-hydrogen) atoms. The van der Waals surface area contributed by atoms with E-state index in [4.69, 9.17) is 5.10 Å². The van der Waals surface area contributed by atoms with Gasteiger partial charge >= 0.3 is 0 Å². The molecule has 176 valence electrons. The van der Waals surface area contributed by atoms with Crippen LogP contribution in [0.2, 0.25) is 0 Å². The zero-order valence-corrected chi connectivity index (χ0v) is 20.7. The Hall–Kier alpha value is -3.68. The predicted octanol–water partition coefficient (Wildman–Crippen LogP) is 5.03. The highest BCUT2D eigenvalue weighted by Crippen LogP contribution is 2.38. The maximum Gasteiger partial charge on any atom is 0.254 e. The summed E-state index contributed by atoms with van der Waals surface area (Å²) in [6, 6.07) is 23.0. The van der Waals surface area contributed by atoms with Crippen LogP contribution in [0.5, 0.6) is 0 Å². The number of benzene rings is 2. The Morgan fingerprint density at radius 3 is 2.63 bits per heavy atom. The predicted molar refractivity (Wildman–Crippen MR) is 144 cm³/mol. The van der Waals surface area contributed by atoms with E-state index in [1.807, 2.05) is 12.1 Å². The van der Waals surface area contributed by atoms with Crippen molar-refractivity contribution in [1.29, 1.82) is 0 Å². The minimum absolute atomic E-state index is 0.0633. The molecule has 0 fully saturated rings. The number of carbonyl (C=O) groups excluding carboxylic acids is 1. The summed E-state index contributed by atoms with van der Waals surface area (Å²) in [5.41, 5.74) is 5.66. The lowest BCUT2D eigenvalue weighted by Gasteiger charge is -2.10. The van der Waals surface area contributed by atoms with E-state index in [-0.39, 0.29) is 5.91 Å². The maximum atomic E-state index is 13.3. The first-order chi connectivity index (χ1) is 17.1. The second kappa shape index (κ2) is 8.83. The standard InChI is InChI=1S/C28H27N5OS/c1-31(2)14-8-15-32-23-12-6-4-10-20(23)27(30-32)26-21(18-29-28(26)34)24-17-19-9-3-5-11-22(19)33(24)25-13-7-16-35-25/h3-7,9-13,16-17H,8,14-15,18H2,1-2H3,(H,29,34). The highest BCUT2D eigenvalue weighted by molar-refractivity contribution is 7.12. The number of nitrogens with zero attached hydrogens (tertiary/aromatic N) is 4. The molecule has 1 N–H and O–H groups in total. The minimum Gasteiger partial charge on any atom is -0.348 e. The summed E-state index contributed by atoms with van der Waals surface area (Å²) in [5.74, 6) is -0.0633. The molecule has 0 aliphatic carbocycles. The van der Waals surface area contributed by atoms with Gasteiger partial charge in [0.15, 0.2) is 0 Å². The van der Waals surface area contributed by atoms with Gasteiger partial charge in [-0.15, -0.1) is 11.3 Å². The number of fused-ring (bicyclic) bond motifs is 2. The Bertz CT molecular complexity index is 1570. The van der Waals surface area contributed by atoms with Gasteiger partial charge in [-0.05, 0) is 62.8 Å². The van der Waals surface area contributed by atoms with Gasteiger partial charge in [0.25, 0.3) is 5.91 Å². The van der Waals surface area contributed by atoms with E-state index in [0.29, 0.717) is 12.1 Å².